The highest BCUT2D eigenvalue weighted by Gasteiger charge is 2.15. The van der Waals surface area contributed by atoms with Gasteiger partial charge in [0.2, 0.25) is 0 Å². The van der Waals surface area contributed by atoms with E-state index in [0.717, 1.165) is 29.4 Å². The third-order valence-electron chi connectivity index (χ3n) is 5.76. The summed E-state index contributed by atoms with van der Waals surface area (Å²) in [7, 11) is 0. The lowest BCUT2D eigenvalue weighted by atomic mass is 10.1. The Balaban J connectivity index is 1.29. The molecular formula is C28H25ClN6O2. The Bertz CT molecular complexity index is 1520. The summed E-state index contributed by atoms with van der Waals surface area (Å²) in [4.78, 5) is 16.4. The number of urea groups is 1. The van der Waals surface area contributed by atoms with E-state index >= 15 is 0 Å². The van der Waals surface area contributed by atoms with Crippen molar-refractivity contribution < 1.29 is 9.53 Å². The molecular weight excluding hydrogens is 488 g/mol. The summed E-state index contributed by atoms with van der Waals surface area (Å²) in [6, 6.07) is 23.7. The molecule has 0 aliphatic rings. The number of anilines is 3. The Kier molecular flexibility index (Phi) is 7.19. The van der Waals surface area contributed by atoms with Gasteiger partial charge in [-0.2, -0.15) is 0 Å². The number of hydrogen-bond donors (Lipinski definition) is 3. The molecule has 2 heterocycles. The van der Waals surface area contributed by atoms with E-state index in [0.29, 0.717) is 34.6 Å². The molecule has 5 aromatic rings. The zero-order valence-electron chi connectivity index (χ0n) is 19.9. The molecule has 0 saturated heterocycles. The van der Waals surface area contributed by atoms with Gasteiger partial charge in [0, 0.05) is 34.2 Å². The summed E-state index contributed by atoms with van der Waals surface area (Å²) >= 11 is 5.98. The number of nitrogens with two attached hydrogens (primary N) is 1. The zero-order chi connectivity index (χ0) is 25.6. The van der Waals surface area contributed by atoms with Gasteiger partial charge in [-0.1, -0.05) is 23.7 Å². The van der Waals surface area contributed by atoms with Crippen LogP contribution in [0.3, 0.4) is 0 Å². The Hall–Kier alpha value is -4.56. The number of aromatic nitrogens is 3. The lowest BCUT2D eigenvalue weighted by Crippen LogP contribution is -2.19. The number of pyridine rings is 1. The first-order valence-electron chi connectivity index (χ1n) is 11.8. The van der Waals surface area contributed by atoms with Crippen LogP contribution in [0.15, 0.2) is 91.3 Å². The second-order valence-corrected chi connectivity index (χ2v) is 8.83. The predicted molar refractivity (Wildman–Crippen MR) is 148 cm³/mol. The number of nitrogens with one attached hydrogen (secondary N) is 2. The van der Waals surface area contributed by atoms with Gasteiger partial charge >= 0.3 is 6.03 Å². The summed E-state index contributed by atoms with van der Waals surface area (Å²) in [6.45, 7) is 0.553. The topological polar surface area (TPSA) is 107 Å². The van der Waals surface area contributed by atoms with E-state index in [4.69, 9.17) is 22.1 Å². The van der Waals surface area contributed by atoms with Crippen LogP contribution in [0.1, 0.15) is 12.0 Å². The molecule has 5 rings (SSSR count). The molecule has 0 unspecified atom stereocenters. The quantitative estimate of drug-likeness (QED) is 0.211. The molecule has 0 aliphatic carbocycles. The van der Waals surface area contributed by atoms with E-state index in [9.17, 15) is 4.79 Å². The molecule has 0 spiro atoms. The van der Waals surface area contributed by atoms with Crippen LogP contribution < -0.4 is 21.1 Å². The first-order chi connectivity index (χ1) is 18.1. The zero-order valence-corrected chi connectivity index (χ0v) is 20.7. The minimum atomic E-state index is -0.369. The van der Waals surface area contributed by atoms with Gasteiger partial charge in [0.25, 0.3) is 0 Å². The maximum atomic E-state index is 12.4. The molecule has 186 valence electrons. The molecule has 8 nitrogen and oxygen atoms in total. The van der Waals surface area contributed by atoms with E-state index in [2.05, 4.69) is 20.7 Å². The molecule has 0 bridgehead atoms. The van der Waals surface area contributed by atoms with Crippen molar-refractivity contribution in [1.82, 2.24) is 14.8 Å². The van der Waals surface area contributed by atoms with Gasteiger partial charge < -0.3 is 21.1 Å². The number of hydrogen-bond acceptors (Lipinski definition) is 5. The van der Waals surface area contributed by atoms with Gasteiger partial charge in [-0.15, -0.1) is 5.10 Å². The largest absolute Gasteiger partial charge is 0.491 e. The minimum absolute atomic E-state index is 0.369. The fourth-order valence-electron chi connectivity index (χ4n) is 4.02. The number of benzene rings is 3. The smallest absolute Gasteiger partial charge is 0.323 e. The second kappa shape index (κ2) is 11.0. The van der Waals surface area contributed by atoms with Crippen molar-refractivity contribution in [3.63, 3.8) is 0 Å². The molecule has 2 amide bonds. The molecule has 4 N–H and O–H groups in total. The molecule has 0 fully saturated rings. The number of halogens is 1. The number of nitrogens with zero attached hydrogens (tertiary/aromatic N) is 3. The summed E-state index contributed by atoms with van der Waals surface area (Å²) < 4.78 is 7.91. The maximum absolute atomic E-state index is 12.4. The number of carbonyl (C=O) groups excluding carboxylic acids is 1. The van der Waals surface area contributed by atoms with Crippen LogP contribution in [0.25, 0.3) is 16.6 Å². The minimum Gasteiger partial charge on any atom is -0.491 e. The molecule has 0 aliphatic heterocycles. The Morgan fingerprint density at radius 2 is 1.70 bits per heavy atom. The van der Waals surface area contributed by atoms with Crippen molar-refractivity contribution >= 4 is 45.7 Å². The van der Waals surface area contributed by atoms with E-state index in [1.54, 1.807) is 53.5 Å². The highest BCUT2D eigenvalue weighted by molar-refractivity contribution is 6.30. The van der Waals surface area contributed by atoms with Gasteiger partial charge in [-0.25, -0.2) is 9.48 Å². The highest BCUT2D eigenvalue weighted by Crippen LogP contribution is 2.32. The van der Waals surface area contributed by atoms with Crippen molar-refractivity contribution in [2.24, 2.45) is 0 Å². The number of ether oxygens (including phenoxy) is 1. The summed E-state index contributed by atoms with van der Waals surface area (Å²) in [5.41, 5.74) is 10.3. The molecule has 0 saturated carbocycles. The fraction of sp³-hybridized carbons (Fsp3) is 0.107. The number of rotatable bonds is 8. The van der Waals surface area contributed by atoms with E-state index in [1.165, 1.54) is 5.56 Å². The SMILES string of the molecule is Nc1nn(-c2ccc(NC(=O)Nc3cccc(Cl)c3)cc2)c2c(OCCCc3ccncc3)cccc12. The lowest BCUT2D eigenvalue weighted by molar-refractivity contribution is 0.262. The van der Waals surface area contributed by atoms with Gasteiger partial charge in [-0.3, -0.25) is 4.98 Å². The van der Waals surface area contributed by atoms with Gasteiger partial charge in [0.1, 0.15) is 11.3 Å². The Labute approximate surface area is 219 Å². The second-order valence-electron chi connectivity index (χ2n) is 8.39. The highest BCUT2D eigenvalue weighted by atomic mass is 35.5. The number of amides is 2. The first kappa shape index (κ1) is 24.1. The van der Waals surface area contributed by atoms with Crippen LogP contribution in [-0.4, -0.2) is 27.4 Å². The number of fused-ring (bicyclic) bond motifs is 1. The molecule has 3 aromatic carbocycles. The van der Waals surface area contributed by atoms with Crippen LogP contribution in [0.4, 0.5) is 22.0 Å². The molecule has 0 atom stereocenters. The summed E-state index contributed by atoms with van der Waals surface area (Å²) in [6.07, 6.45) is 5.36. The van der Waals surface area contributed by atoms with Crippen molar-refractivity contribution in [1.29, 1.82) is 0 Å². The molecule has 0 radical (unpaired) electrons. The Morgan fingerprint density at radius 3 is 2.49 bits per heavy atom. The van der Waals surface area contributed by atoms with Crippen LogP contribution in [0, 0.1) is 0 Å². The van der Waals surface area contributed by atoms with Gasteiger partial charge in [0.05, 0.1) is 12.3 Å². The average molecular weight is 513 g/mol. The fourth-order valence-corrected chi connectivity index (χ4v) is 4.21. The van der Waals surface area contributed by atoms with E-state index in [1.807, 2.05) is 42.5 Å². The Morgan fingerprint density at radius 1 is 0.946 bits per heavy atom. The van der Waals surface area contributed by atoms with Crippen LogP contribution in [0.2, 0.25) is 5.02 Å². The monoisotopic (exact) mass is 512 g/mol. The van der Waals surface area contributed by atoms with Gasteiger partial charge in [0.15, 0.2) is 5.82 Å². The number of para-hydroxylation sites is 1. The van der Waals surface area contributed by atoms with E-state index in [-0.39, 0.29) is 6.03 Å². The lowest BCUT2D eigenvalue weighted by Gasteiger charge is -2.11. The molecule has 2 aromatic heterocycles. The number of carbonyl (C=O) groups is 1. The molecule has 9 heteroatoms. The molecule has 37 heavy (non-hydrogen) atoms. The van der Waals surface area contributed by atoms with Crippen LogP contribution >= 0.6 is 11.6 Å². The normalized spacial score (nSPS) is 10.8. The van der Waals surface area contributed by atoms with Crippen LogP contribution in [-0.2, 0) is 6.42 Å². The third-order valence-corrected chi connectivity index (χ3v) is 6.00. The summed E-state index contributed by atoms with van der Waals surface area (Å²) in [5.74, 6) is 1.12. The summed E-state index contributed by atoms with van der Waals surface area (Å²) in [5, 5.41) is 11.5. The maximum Gasteiger partial charge on any atom is 0.323 e. The standard InChI is InChI=1S/C28H25ClN6O2/c29-20-5-1-6-22(18-20)33-28(36)32-21-9-11-23(12-10-21)35-26-24(27(30)34-35)7-2-8-25(26)37-17-3-4-19-13-15-31-16-14-19/h1-2,5-16,18H,3-4,17H2,(H2,30,34)(H2,32,33,36). The third kappa shape index (κ3) is 5.82. The van der Waals surface area contributed by atoms with Gasteiger partial charge in [-0.05, 0) is 85.1 Å². The predicted octanol–water partition coefficient (Wildman–Crippen LogP) is 6.31. The number of aryl methyl sites for hydroxylation is 1. The van der Waals surface area contributed by atoms with Crippen molar-refractivity contribution in [3.05, 3.63) is 102 Å². The van der Waals surface area contributed by atoms with E-state index < -0.39 is 0 Å². The van der Waals surface area contributed by atoms with Crippen LogP contribution in [0.5, 0.6) is 5.75 Å². The van der Waals surface area contributed by atoms with Crippen molar-refractivity contribution in [2.75, 3.05) is 23.0 Å². The van der Waals surface area contributed by atoms with Crippen molar-refractivity contribution in [2.45, 2.75) is 12.8 Å². The number of nitrogen functional groups attached to an aromatic ring is 1. The van der Waals surface area contributed by atoms with Crippen molar-refractivity contribution in [3.8, 4) is 11.4 Å². The average Bonchev–Trinajstić information content (AvgIpc) is 3.25. The first-order valence-corrected chi connectivity index (χ1v) is 12.2.